The second-order valence-electron chi connectivity index (χ2n) is 6.19. The highest BCUT2D eigenvalue weighted by molar-refractivity contribution is 4.76. The lowest BCUT2D eigenvalue weighted by atomic mass is 9.88. The number of nitrogens with zero attached hydrogens (tertiary/aromatic N) is 1. The van der Waals surface area contributed by atoms with Gasteiger partial charge in [-0.25, -0.2) is 0 Å². The second-order valence-corrected chi connectivity index (χ2v) is 6.19. The van der Waals surface area contributed by atoms with Crippen molar-refractivity contribution in [3.8, 4) is 0 Å². The first-order valence-electron chi connectivity index (χ1n) is 6.34. The van der Waals surface area contributed by atoms with E-state index in [-0.39, 0.29) is 11.5 Å². The smallest absolute Gasteiger partial charge is 0.0715 e. The van der Waals surface area contributed by atoms with E-state index in [0.29, 0.717) is 5.92 Å². The number of hydrogen-bond acceptors (Lipinski definition) is 3. The molecule has 1 rings (SSSR count). The van der Waals surface area contributed by atoms with Crippen molar-refractivity contribution in [2.24, 2.45) is 11.3 Å². The van der Waals surface area contributed by atoms with Gasteiger partial charge in [-0.2, -0.15) is 0 Å². The van der Waals surface area contributed by atoms with Crippen molar-refractivity contribution in [1.29, 1.82) is 0 Å². The van der Waals surface area contributed by atoms with Crippen molar-refractivity contribution < 1.29 is 9.84 Å². The molecule has 96 valence electrons. The molecule has 2 atom stereocenters. The molecule has 1 N–H and O–H groups in total. The highest BCUT2D eigenvalue weighted by atomic mass is 16.5. The van der Waals surface area contributed by atoms with Crippen LogP contribution in [0.3, 0.4) is 0 Å². The molecule has 1 fully saturated rings. The Kier molecular flexibility index (Phi) is 5.22. The maximum atomic E-state index is 10.0. The number of rotatable bonds is 4. The molecular weight excluding hydrogens is 202 g/mol. The average Bonchev–Trinajstić information content (AvgIpc) is 2.17. The first kappa shape index (κ1) is 13.9. The van der Waals surface area contributed by atoms with E-state index in [0.717, 1.165) is 26.3 Å². The van der Waals surface area contributed by atoms with E-state index in [9.17, 15) is 5.11 Å². The van der Waals surface area contributed by atoms with Crippen molar-refractivity contribution >= 4 is 0 Å². The maximum absolute atomic E-state index is 10.0. The summed E-state index contributed by atoms with van der Waals surface area (Å²) in [5.74, 6) is 0.644. The van der Waals surface area contributed by atoms with Gasteiger partial charge in [0.15, 0.2) is 0 Å². The van der Waals surface area contributed by atoms with E-state index in [1.807, 2.05) is 0 Å². The van der Waals surface area contributed by atoms with Gasteiger partial charge < -0.3 is 14.7 Å². The summed E-state index contributed by atoms with van der Waals surface area (Å²) < 4.78 is 5.47. The zero-order chi connectivity index (χ0) is 12.2. The summed E-state index contributed by atoms with van der Waals surface area (Å²) in [6.45, 7) is 9.83. The quantitative estimate of drug-likeness (QED) is 0.797. The predicted molar refractivity (Wildman–Crippen MR) is 66.5 cm³/mol. The van der Waals surface area contributed by atoms with E-state index < -0.39 is 0 Å². The number of aliphatic hydroxyl groups excluding tert-OH is 1. The minimum absolute atomic E-state index is 0.0304. The molecule has 1 heterocycles. The molecule has 0 aromatic carbocycles. The van der Waals surface area contributed by atoms with Gasteiger partial charge in [-0.3, -0.25) is 0 Å². The molecular formula is C13H27NO2. The van der Waals surface area contributed by atoms with Crippen LogP contribution in [0.5, 0.6) is 0 Å². The highest BCUT2D eigenvalue weighted by Gasteiger charge is 2.24. The Hall–Kier alpha value is -0.120. The van der Waals surface area contributed by atoms with Crippen molar-refractivity contribution in [1.82, 2.24) is 4.90 Å². The lowest BCUT2D eigenvalue weighted by Crippen LogP contribution is -2.40. The first-order valence-corrected chi connectivity index (χ1v) is 6.34. The summed E-state index contributed by atoms with van der Waals surface area (Å²) in [6, 6.07) is 0. The third-order valence-electron chi connectivity index (χ3n) is 3.31. The molecule has 0 radical (unpaired) electrons. The van der Waals surface area contributed by atoms with Gasteiger partial charge in [0.05, 0.1) is 12.7 Å². The summed E-state index contributed by atoms with van der Waals surface area (Å²) >= 11 is 0. The fourth-order valence-corrected chi connectivity index (χ4v) is 2.04. The zero-order valence-electron chi connectivity index (χ0n) is 11.2. The van der Waals surface area contributed by atoms with Gasteiger partial charge in [-0.1, -0.05) is 20.8 Å². The number of hydrogen-bond donors (Lipinski definition) is 1. The van der Waals surface area contributed by atoms with Gasteiger partial charge in [-0.05, 0) is 31.2 Å². The standard InChI is InChI=1S/C13H27NO2/c1-13(2,3)12(15)9-14(4)8-11-6-5-7-16-10-11/h11-12,15H,5-10H2,1-4H3. The topological polar surface area (TPSA) is 32.7 Å². The fraction of sp³-hybridized carbons (Fsp3) is 1.00. The predicted octanol–water partition coefficient (Wildman–Crippen LogP) is 1.75. The molecule has 3 heteroatoms. The van der Waals surface area contributed by atoms with E-state index >= 15 is 0 Å². The normalized spacial score (nSPS) is 24.8. The first-order chi connectivity index (χ1) is 7.39. The third-order valence-corrected chi connectivity index (χ3v) is 3.31. The number of aliphatic hydroxyl groups is 1. The molecule has 1 saturated heterocycles. The molecule has 1 aliphatic heterocycles. The lowest BCUT2D eigenvalue weighted by Gasteiger charge is -2.32. The zero-order valence-corrected chi connectivity index (χ0v) is 11.2. The van der Waals surface area contributed by atoms with Crippen LogP contribution in [0, 0.1) is 11.3 Å². The van der Waals surface area contributed by atoms with Gasteiger partial charge >= 0.3 is 0 Å². The highest BCUT2D eigenvalue weighted by Crippen LogP contribution is 2.20. The van der Waals surface area contributed by atoms with E-state index in [1.54, 1.807) is 0 Å². The summed E-state index contributed by atoms with van der Waals surface area (Å²) in [4.78, 5) is 2.23. The molecule has 16 heavy (non-hydrogen) atoms. The molecule has 1 aliphatic rings. The fourth-order valence-electron chi connectivity index (χ4n) is 2.04. The van der Waals surface area contributed by atoms with Crippen LogP contribution in [0.15, 0.2) is 0 Å². The molecule has 0 spiro atoms. The molecule has 0 aliphatic carbocycles. The van der Waals surface area contributed by atoms with Gasteiger partial charge in [-0.15, -0.1) is 0 Å². The molecule has 0 aromatic heterocycles. The Bertz CT molecular complexity index is 195. The van der Waals surface area contributed by atoms with Crippen LogP contribution in [0.4, 0.5) is 0 Å². The molecule has 0 saturated carbocycles. The second kappa shape index (κ2) is 5.99. The van der Waals surface area contributed by atoms with Crippen LogP contribution in [-0.4, -0.2) is 49.5 Å². The molecule has 3 nitrogen and oxygen atoms in total. The van der Waals surface area contributed by atoms with Gasteiger partial charge in [0.25, 0.3) is 0 Å². The lowest BCUT2D eigenvalue weighted by molar-refractivity contribution is 0.0116. The monoisotopic (exact) mass is 229 g/mol. The van der Waals surface area contributed by atoms with Gasteiger partial charge in [0, 0.05) is 19.7 Å². The Balaban J connectivity index is 2.26. The summed E-state index contributed by atoms with van der Waals surface area (Å²) in [5.41, 5.74) is -0.0304. The molecule has 0 amide bonds. The minimum atomic E-state index is -0.262. The van der Waals surface area contributed by atoms with Crippen molar-refractivity contribution in [3.05, 3.63) is 0 Å². The van der Waals surface area contributed by atoms with Crippen LogP contribution >= 0.6 is 0 Å². The van der Waals surface area contributed by atoms with Crippen LogP contribution in [-0.2, 0) is 4.74 Å². The van der Waals surface area contributed by atoms with Gasteiger partial charge in [0.2, 0.25) is 0 Å². The Morgan fingerprint density at radius 3 is 2.62 bits per heavy atom. The van der Waals surface area contributed by atoms with Crippen LogP contribution in [0.1, 0.15) is 33.6 Å². The summed E-state index contributed by atoms with van der Waals surface area (Å²) in [6.07, 6.45) is 2.18. The number of ether oxygens (including phenoxy) is 1. The van der Waals surface area contributed by atoms with E-state index in [4.69, 9.17) is 4.74 Å². The maximum Gasteiger partial charge on any atom is 0.0715 e. The molecule has 2 unspecified atom stereocenters. The Labute approximate surface area is 99.8 Å². The van der Waals surface area contributed by atoms with Crippen LogP contribution in [0.2, 0.25) is 0 Å². The largest absolute Gasteiger partial charge is 0.391 e. The summed E-state index contributed by atoms with van der Waals surface area (Å²) in [5, 5.41) is 10.0. The Morgan fingerprint density at radius 1 is 1.44 bits per heavy atom. The van der Waals surface area contributed by atoms with Crippen LogP contribution < -0.4 is 0 Å². The minimum Gasteiger partial charge on any atom is -0.391 e. The summed E-state index contributed by atoms with van der Waals surface area (Å²) in [7, 11) is 2.09. The van der Waals surface area contributed by atoms with E-state index in [1.165, 1.54) is 12.8 Å². The molecule has 0 bridgehead atoms. The van der Waals surface area contributed by atoms with E-state index in [2.05, 4.69) is 32.7 Å². The van der Waals surface area contributed by atoms with Crippen molar-refractivity contribution in [2.45, 2.75) is 39.7 Å². The van der Waals surface area contributed by atoms with Crippen LogP contribution in [0.25, 0.3) is 0 Å². The Morgan fingerprint density at radius 2 is 2.12 bits per heavy atom. The SMILES string of the molecule is CN(CC1CCCOC1)CC(O)C(C)(C)C. The number of likely N-dealkylation sites (N-methyl/N-ethyl adjacent to an activating group) is 1. The van der Waals surface area contributed by atoms with Gasteiger partial charge in [0.1, 0.15) is 0 Å². The van der Waals surface area contributed by atoms with Crippen molar-refractivity contribution in [2.75, 3.05) is 33.4 Å². The van der Waals surface area contributed by atoms with Crippen molar-refractivity contribution in [3.63, 3.8) is 0 Å². The third kappa shape index (κ3) is 4.81. The molecule has 0 aromatic rings. The average molecular weight is 229 g/mol.